The van der Waals surface area contributed by atoms with E-state index in [1.54, 1.807) is 0 Å². The van der Waals surface area contributed by atoms with Crippen molar-refractivity contribution in [2.45, 2.75) is 5.75 Å². The Kier molecular flexibility index (Phi) is 3.72. The Morgan fingerprint density at radius 1 is 0.875 bits per heavy atom. The summed E-state index contributed by atoms with van der Waals surface area (Å²) in [6.07, 6.45) is 0. The van der Waals surface area contributed by atoms with E-state index in [0.29, 0.717) is 5.75 Å². The third kappa shape index (κ3) is 3.21. The summed E-state index contributed by atoms with van der Waals surface area (Å²) in [5.41, 5.74) is 1.96. The smallest absolute Gasteiger partial charge is 0.121 e. The fourth-order valence-corrected chi connectivity index (χ4v) is 2.37. The SMILES string of the molecule is O=S(Cc1ccccc1)Nc1ccccc1. The molecule has 0 aliphatic carbocycles. The van der Waals surface area contributed by atoms with Crippen LogP contribution in [0, 0.1) is 0 Å². The van der Waals surface area contributed by atoms with Gasteiger partial charge in [0, 0.05) is 5.69 Å². The molecule has 0 bridgehead atoms. The molecule has 0 spiro atoms. The molecular formula is C13H13NOS. The van der Waals surface area contributed by atoms with Gasteiger partial charge in [0.05, 0.1) is 5.75 Å². The zero-order valence-corrected chi connectivity index (χ0v) is 9.61. The molecule has 3 heteroatoms. The molecule has 0 saturated carbocycles. The van der Waals surface area contributed by atoms with Gasteiger partial charge in [0.25, 0.3) is 0 Å². The van der Waals surface area contributed by atoms with E-state index in [2.05, 4.69) is 4.72 Å². The van der Waals surface area contributed by atoms with Crippen molar-refractivity contribution in [2.75, 3.05) is 4.72 Å². The maximum Gasteiger partial charge on any atom is 0.121 e. The maximum atomic E-state index is 11.8. The number of anilines is 1. The van der Waals surface area contributed by atoms with Gasteiger partial charge in [0.15, 0.2) is 0 Å². The van der Waals surface area contributed by atoms with E-state index in [1.165, 1.54) is 0 Å². The van der Waals surface area contributed by atoms with Crippen LogP contribution in [0.15, 0.2) is 60.7 Å². The van der Waals surface area contributed by atoms with Gasteiger partial charge in [-0.05, 0) is 17.7 Å². The largest absolute Gasteiger partial charge is 0.305 e. The van der Waals surface area contributed by atoms with Crippen LogP contribution in [-0.2, 0) is 16.7 Å². The second-order valence-electron chi connectivity index (χ2n) is 3.44. The van der Waals surface area contributed by atoms with E-state index >= 15 is 0 Å². The fraction of sp³-hybridized carbons (Fsp3) is 0.0769. The van der Waals surface area contributed by atoms with Gasteiger partial charge in [0.1, 0.15) is 11.0 Å². The molecule has 0 fully saturated rings. The Morgan fingerprint density at radius 2 is 1.44 bits per heavy atom. The monoisotopic (exact) mass is 231 g/mol. The molecule has 0 aliphatic rings. The summed E-state index contributed by atoms with van der Waals surface area (Å²) in [6, 6.07) is 19.4. The number of benzene rings is 2. The summed E-state index contributed by atoms with van der Waals surface area (Å²) < 4.78 is 14.7. The van der Waals surface area contributed by atoms with Crippen LogP contribution < -0.4 is 4.72 Å². The second kappa shape index (κ2) is 5.47. The van der Waals surface area contributed by atoms with Crippen molar-refractivity contribution >= 4 is 16.7 Å². The highest BCUT2D eigenvalue weighted by Gasteiger charge is 2.00. The Hall–Kier alpha value is -1.61. The summed E-state index contributed by atoms with van der Waals surface area (Å²) >= 11 is 0. The third-order valence-electron chi connectivity index (χ3n) is 2.15. The van der Waals surface area contributed by atoms with Gasteiger partial charge < -0.3 is 4.72 Å². The van der Waals surface area contributed by atoms with E-state index in [1.807, 2.05) is 60.7 Å². The molecule has 2 rings (SSSR count). The number of hydrogen-bond acceptors (Lipinski definition) is 1. The minimum Gasteiger partial charge on any atom is -0.305 e. The van der Waals surface area contributed by atoms with Crippen LogP contribution in [0.4, 0.5) is 5.69 Å². The highest BCUT2D eigenvalue weighted by atomic mass is 32.2. The minimum atomic E-state index is -1.07. The predicted octanol–water partition coefficient (Wildman–Crippen LogP) is 2.96. The van der Waals surface area contributed by atoms with Crippen LogP contribution in [0.1, 0.15) is 5.56 Å². The molecule has 0 radical (unpaired) electrons. The van der Waals surface area contributed by atoms with Crippen molar-refractivity contribution in [1.82, 2.24) is 0 Å². The van der Waals surface area contributed by atoms with Crippen LogP contribution in [0.5, 0.6) is 0 Å². The van der Waals surface area contributed by atoms with Gasteiger partial charge in [-0.1, -0.05) is 48.5 Å². The highest BCUT2D eigenvalue weighted by molar-refractivity contribution is 7.85. The molecule has 1 N–H and O–H groups in total. The van der Waals surface area contributed by atoms with E-state index in [4.69, 9.17) is 0 Å². The maximum absolute atomic E-state index is 11.8. The first kappa shape index (κ1) is 10.9. The lowest BCUT2D eigenvalue weighted by atomic mass is 10.2. The van der Waals surface area contributed by atoms with E-state index in [9.17, 15) is 4.21 Å². The van der Waals surface area contributed by atoms with Crippen molar-refractivity contribution in [2.24, 2.45) is 0 Å². The minimum absolute atomic E-state index is 0.524. The van der Waals surface area contributed by atoms with Crippen LogP contribution in [0.25, 0.3) is 0 Å². The Morgan fingerprint density at radius 3 is 2.06 bits per heavy atom. The van der Waals surface area contributed by atoms with Crippen LogP contribution >= 0.6 is 0 Å². The first-order chi connectivity index (χ1) is 7.84. The first-order valence-corrected chi connectivity index (χ1v) is 6.40. The van der Waals surface area contributed by atoms with Crippen LogP contribution in [-0.4, -0.2) is 4.21 Å². The Balaban J connectivity index is 1.95. The van der Waals surface area contributed by atoms with E-state index < -0.39 is 11.0 Å². The molecule has 1 atom stereocenters. The Labute approximate surface area is 97.9 Å². The topological polar surface area (TPSA) is 29.1 Å². The molecule has 0 aromatic heterocycles. The van der Waals surface area contributed by atoms with Crippen molar-refractivity contribution in [3.63, 3.8) is 0 Å². The number of hydrogen-bond donors (Lipinski definition) is 1. The second-order valence-corrected chi connectivity index (χ2v) is 4.63. The summed E-state index contributed by atoms with van der Waals surface area (Å²) in [5, 5.41) is 0. The molecule has 0 aliphatic heterocycles. The molecule has 0 saturated heterocycles. The normalized spacial score (nSPS) is 12.0. The lowest BCUT2D eigenvalue weighted by Gasteiger charge is -2.05. The summed E-state index contributed by atoms with van der Waals surface area (Å²) in [4.78, 5) is 0. The summed E-state index contributed by atoms with van der Waals surface area (Å²) in [5.74, 6) is 0.524. The average Bonchev–Trinajstić information content (AvgIpc) is 2.31. The first-order valence-electron chi connectivity index (χ1n) is 5.08. The van der Waals surface area contributed by atoms with E-state index in [0.717, 1.165) is 11.3 Å². The summed E-state index contributed by atoms with van der Waals surface area (Å²) in [6.45, 7) is 0. The third-order valence-corrected chi connectivity index (χ3v) is 3.20. The van der Waals surface area contributed by atoms with Gasteiger partial charge in [-0.15, -0.1) is 0 Å². The van der Waals surface area contributed by atoms with Crippen molar-refractivity contribution in [3.05, 3.63) is 66.2 Å². The lowest BCUT2D eigenvalue weighted by Crippen LogP contribution is -2.06. The number of para-hydroxylation sites is 1. The van der Waals surface area contributed by atoms with Gasteiger partial charge >= 0.3 is 0 Å². The van der Waals surface area contributed by atoms with Gasteiger partial charge in [-0.3, -0.25) is 0 Å². The molecule has 2 aromatic rings. The summed E-state index contributed by atoms with van der Waals surface area (Å²) in [7, 11) is -1.07. The highest BCUT2D eigenvalue weighted by Crippen LogP contribution is 2.09. The molecule has 82 valence electrons. The average molecular weight is 231 g/mol. The van der Waals surface area contributed by atoms with Crippen molar-refractivity contribution in [3.8, 4) is 0 Å². The molecule has 0 heterocycles. The lowest BCUT2D eigenvalue weighted by molar-refractivity contribution is 0.686. The molecule has 2 aromatic carbocycles. The van der Waals surface area contributed by atoms with E-state index in [-0.39, 0.29) is 0 Å². The quantitative estimate of drug-likeness (QED) is 0.861. The Bertz CT molecular complexity index is 412. The molecule has 0 amide bonds. The van der Waals surface area contributed by atoms with Crippen LogP contribution in [0.2, 0.25) is 0 Å². The number of rotatable bonds is 4. The van der Waals surface area contributed by atoms with Gasteiger partial charge in [-0.25, -0.2) is 4.21 Å². The predicted molar refractivity (Wildman–Crippen MR) is 68.4 cm³/mol. The zero-order chi connectivity index (χ0) is 11.2. The fourth-order valence-electron chi connectivity index (χ4n) is 1.40. The van der Waals surface area contributed by atoms with Crippen LogP contribution in [0.3, 0.4) is 0 Å². The number of nitrogens with one attached hydrogen (secondary N) is 1. The van der Waals surface area contributed by atoms with Gasteiger partial charge in [0.2, 0.25) is 0 Å². The van der Waals surface area contributed by atoms with Gasteiger partial charge in [-0.2, -0.15) is 0 Å². The molecule has 1 unspecified atom stereocenters. The molecule has 16 heavy (non-hydrogen) atoms. The zero-order valence-electron chi connectivity index (χ0n) is 8.80. The molecular weight excluding hydrogens is 218 g/mol. The van der Waals surface area contributed by atoms with Crippen molar-refractivity contribution in [1.29, 1.82) is 0 Å². The molecule has 2 nitrogen and oxygen atoms in total. The standard InChI is InChI=1S/C13H13NOS/c15-16(11-12-7-3-1-4-8-12)14-13-9-5-2-6-10-13/h1-10,14H,11H2. The van der Waals surface area contributed by atoms with Crippen molar-refractivity contribution < 1.29 is 4.21 Å².